The minimum absolute atomic E-state index is 0.0290. The summed E-state index contributed by atoms with van der Waals surface area (Å²) in [5, 5.41) is 15.4. The van der Waals surface area contributed by atoms with E-state index in [0.29, 0.717) is 5.56 Å². The fourth-order valence-electron chi connectivity index (χ4n) is 3.07. The standard InChI is InChI=1S/C22H19N3O2/c1-15(17-11-10-16-6-2-3-7-18(16)14-17)19-8-4-5-9-20(19)21(26)25-22(27)24-13-12-23/h2-11,14-15H,13H2,1H3,(H2,24,25,26,27). The van der Waals surface area contributed by atoms with Crippen molar-refractivity contribution in [2.45, 2.75) is 12.8 Å². The maximum Gasteiger partial charge on any atom is 0.322 e. The zero-order valence-electron chi connectivity index (χ0n) is 14.9. The molecular weight excluding hydrogens is 338 g/mol. The summed E-state index contributed by atoms with van der Waals surface area (Å²) >= 11 is 0. The zero-order valence-corrected chi connectivity index (χ0v) is 14.9. The number of imide groups is 1. The average molecular weight is 357 g/mol. The third kappa shape index (κ3) is 4.13. The van der Waals surface area contributed by atoms with Crippen LogP contribution in [0, 0.1) is 11.3 Å². The topological polar surface area (TPSA) is 82.0 Å². The quantitative estimate of drug-likeness (QED) is 0.694. The van der Waals surface area contributed by atoms with Crippen molar-refractivity contribution in [3.05, 3.63) is 83.4 Å². The van der Waals surface area contributed by atoms with Crippen molar-refractivity contribution >= 4 is 22.7 Å². The molecule has 3 amide bonds. The molecule has 0 aliphatic carbocycles. The molecule has 0 spiro atoms. The van der Waals surface area contributed by atoms with Gasteiger partial charge in [0.2, 0.25) is 0 Å². The molecule has 0 radical (unpaired) electrons. The summed E-state index contributed by atoms with van der Waals surface area (Å²) in [4.78, 5) is 24.2. The highest BCUT2D eigenvalue weighted by molar-refractivity contribution is 6.05. The lowest BCUT2D eigenvalue weighted by Crippen LogP contribution is -2.40. The predicted molar refractivity (Wildman–Crippen MR) is 104 cm³/mol. The first-order chi connectivity index (χ1) is 13.1. The molecule has 0 saturated heterocycles. The van der Waals surface area contributed by atoms with Gasteiger partial charge in [-0.15, -0.1) is 0 Å². The second-order valence-corrected chi connectivity index (χ2v) is 6.21. The molecule has 0 aromatic heterocycles. The minimum atomic E-state index is -0.685. The average Bonchev–Trinajstić information content (AvgIpc) is 2.71. The summed E-state index contributed by atoms with van der Waals surface area (Å²) in [5.41, 5.74) is 2.35. The maximum absolute atomic E-state index is 12.5. The second-order valence-electron chi connectivity index (χ2n) is 6.21. The molecule has 27 heavy (non-hydrogen) atoms. The number of carbonyl (C=O) groups is 2. The number of hydrogen-bond donors (Lipinski definition) is 2. The van der Waals surface area contributed by atoms with Crippen molar-refractivity contribution < 1.29 is 9.59 Å². The molecule has 0 aliphatic heterocycles. The van der Waals surface area contributed by atoms with Crippen LogP contribution in [0.25, 0.3) is 10.8 Å². The molecule has 134 valence electrons. The van der Waals surface area contributed by atoms with Crippen LogP contribution < -0.4 is 10.6 Å². The number of carbonyl (C=O) groups excluding carboxylic acids is 2. The lowest BCUT2D eigenvalue weighted by Gasteiger charge is -2.17. The highest BCUT2D eigenvalue weighted by Crippen LogP contribution is 2.29. The highest BCUT2D eigenvalue weighted by atomic mass is 16.2. The van der Waals surface area contributed by atoms with Crippen LogP contribution in [-0.2, 0) is 0 Å². The predicted octanol–water partition coefficient (Wildman–Crippen LogP) is 3.95. The minimum Gasteiger partial charge on any atom is -0.325 e. The van der Waals surface area contributed by atoms with E-state index < -0.39 is 11.9 Å². The summed E-state index contributed by atoms with van der Waals surface area (Å²) < 4.78 is 0. The van der Waals surface area contributed by atoms with Gasteiger partial charge in [0, 0.05) is 11.5 Å². The van der Waals surface area contributed by atoms with Gasteiger partial charge in [-0.3, -0.25) is 10.1 Å². The van der Waals surface area contributed by atoms with Crippen LogP contribution in [-0.4, -0.2) is 18.5 Å². The van der Waals surface area contributed by atoms with Crippen LogP contribution in [0.3, 0.4) is 0 Å². The molecule has 3 aromatic rings. The largest absolute Gasteiger partial charge is 0.325 e. The first-order valence-electron chi connectivity index (χ1n) is 8.64. The Balaban J connectivity index is 1.88. The Kier molecular flexibility index (Phi) is 5.48. The SMILES string of the molecule is CC(c1ccc2ccccc2c1)c1ccccc1C(=O)NC(=O)NCC#N. The smallest absolute Gasteiger partial charge is 0.322 e. The Hall–Kier alpha value is -3.65. The fraction of sp³-hybridized carbons (Fsp3) is 0.136. The van der Waals surface area contributed by atoms with E-state index in [1.807, 2.05) is 31.2 Å². The number of nitrogens with zero attached hydrogens (tertiary/aromatic N) is 1. The number of rotatable bonds is 4. The molecule has 3 aromatic carbocycles. The van der Waals surface area contributed by atoms with E-state index in [1.165, 1.54) is 0 Å². The van der Waals surface area contributed by atoms with Crippen molar-refractivity contribution in [2.75, 3.05) is 6.54 Å². The van der Waals surface area contributed by atoms with Gasteiger partial charge in [0.15, 0.2) is 0 Å². The Morgan fingerprint density at radius 1 is 1.00 bits per heavy atom. The van der Waals surface area contributed by atoms with Crippen LogP contribution in [0.5, 0.6) is 0 Å². The summed E-state index contributed by atoms with van der Waals surface area (Å²) in [7, 11) is 0. The molecule has 0 saturated carbocycles. The van der Waals surface area contributed by atoms with E-state index in [4.69, 9.17) is 5.26 Å². The first kappa shape index (κ1) is 18.2. The monoisotopic (exact) mass is 357 g/mol. The van der Waals surface area contributed by atoms with Crippen molar-refractivity contribution in [1.82, 2.24) is 10.6 Å². The highest BCUT2D eigenvalue weighted by Gasteiger charge is 2.18. The molecule has 0 bridgehead atoms. The van der Waals surface area contributed by atoms with Crippen molar-refractivity contribution in [3.8, 4) is 6.07 Å². The van der Waals surface area contributed by atoms with Gasteiger partial charge >= 0.3 is 6.03 Å². The Morgan fingerprint density at radius 3 is 2.48 bits per heavy atom. The lowest BCUT2D eigenvalue weighted by molar-refractivity contribution is 0.0963. The van der Waals surface area contributed by atoms with Crippen molar-refractivity contribution in [3.63, 3.8) is 0 Å². The first-order valence-corrected chi connectivity index (χ1v) is 8.64. The third-order valence-corrected chi connectivity index (χ3v) is 4.50. The van der Waals surface area contributed by atoms with Crippen LogP contribution in [0.2, 0.25) is 0 Å². The van der Waals surface area contributed by atoms with Gasteiger partial charge < -0.3 is 5.32 Å². The van der Waals surface area contributed by atoms with E-state index in [2.05, 4.69) is 41.0 Å². The lowest BCUT2D eigenvalue weighted by atomic mass is 9.88. The summed E-state index contributed by atoms with van der Waals surface area (Å²) in [6.07, 6.45) is 0. The van der Waals surface area contributed by atoms with Crippen molar-refractivity contribution in [1.29, 1.82) is 5.26 Å². The number of amides is 3. The van der Waals surface area contributed by atoms with Gasteiger partial charge in [0.1, 0.15) is 6.54 Å². The van der Waals surface area contributed by atoms with E-state index >= 15 is 0 Å². The van der Waals surface area contributed by atoms with Crippen LogP contribution >= 0.6 is 0 Å². The molecule has 5 nitrogen and oxygen atoms in total. The Morgan fingerprint density at radius 2 is 1.70 bits per heavy atom. The number of hydrogen-bond acceptors (Lipinski definition) is 3. The van der Waals surface area contributed by atoms with Gasteiger partial charge in [-0.1, -0.05) is 67.6 Å². The molecule has 1 unspecified atom stereocenters. The summed E-state index contributed by atoms with van der Waals surface area (Å²) in [6.45, 7) is 1.88. The summed E-state index contributed by atoms with van der Waals surface area (Å²) in [5.74, 6) is -0.521. The van der Waals surface area contributed by atoms with Crippen LogP contribution in [0.4, 0.5) is 4.79 Å². The third-order valence-electron chi connectivity index (χ3n) is 4.50. The number of urea groups is 1. The van der Waals surface area contributed by atoms with Gasteiger partial charge in [0.05, 0.1) is 6.07 Å². The number of nitriles is 1. The molecule has 5 heteroatoms. The van der Waals surface area contributed by atoms with E-state index in [-0.39, 0.29) is 12.5 Å². The van der Waals surface area contributed by atoms with Crippen LogP contribution in [0.1, 0.15) is 34.3 Å². The second kappa shape index (κ2) is 8.15. The molecular formula is C22H19N3O2. The molecule has 0 aliphatic rings. The Labute approximate surface area is 157 Å². The van der Waals surface area contributed by atoms with Gasteiger partial charge in [-0.05, 0) is 28.0 Å². The molecule has 0 fully saturated rings. The van der Waals surface area contributed by atoms with Gasteiger partial charge in [0.25, 0.3) is 5.91 Å². The number of fused-ring (bicyclic) bond motifs is 1. The van der Waals surface area contributed by atoms with E-state index in [1.54, 1.807) is 18.2 Å². The number of benzene rings is 3. The van der Waals surface area contributed by atoms with Crippen molar-refractivity contribution in [2.24, 2.45) is 0 Å². The number of nitrogens with one attached hydrogen (secondary N) is 2. The molecule has 3 rings (SSSR count). The van der Waals surface area contributed by atoms with Gasteiger partial charge in [-0.25, -0.2) is 4.79 Å². The Bertz CT molecular complexity index is 1040. The van der Waals surface area contributed by atoms with Crippen LogP contribution in [0.15, 0.2) is 66.7 Å². The van der Waals surface area contributed by atoms with E-state index in [9.17, 15) is 9.59 Å². The molecule has 2 N–H and O–H groups in total. The van der Waals surface area contributed by atoms with E-state index in [0.717, 1.165) is 21.9 Å². The normalized spacial score (nSPS) is 11.4. The van der Waals surface area contributed by atoms with Gasteiger partial charge in [-0.2, -0.15) is 5.26 Å². The summed E-state index contributed by atoms with van der Waals surface area (Å²) in [6, 6.07) is 22.7. The molecule has 1 atom stereocenters. The molecule has 0 heterocycles. The zero-order chi connectivity index (χ0) is 19.2. The maximum atomic E-state index is 12.5. The fourth-order valence-corrected chi connectivity index (χ4v) is 3.07.